The summed E-state index contributed by atoms with van der Waals surface area (Å²) in [7, 11) is 1.43. The van der Waals surface area contributed by atoms with Crippen molar-refractivity contribution in [1.82, 2.24) is 4.90 Å². The van der Waals surface area contributed by atoms with Crippen LogP contribution < -0.4 is 9.64 Å². The highest BCUT2D eigenvalue weighted by Crippen LogP contribution is 2.37. The van der Waals surface area contributed by atoms with E-state index in [4.69, 9.17) is 10.00 Å². The Morgan fingerprint density at radius 2 is 2.10 bits per heavy atom. The van der Waals surface area contributed by atoms with E-state index in [1.54, 1.807) is 18.2 Å². The molecule has 2 rings (SSSR count). The number of rotatable bonds is 4. The molecule has 0 aromatic heterocycles. The fraction of sp³-hybridized carbons (Fsp3) is 0.462. The highest BCUT2D eigenvalue weighted by atomic mass is 16.6. The topological polar surface area (TPSA) is 82.6 Å². The first-order valence-electron chi connectivity index (χ1n) is 6.33. The molecule has 1 aliphatic heterocycles. The molecule has 1 aliphatic rings. The number of ether oxygens (including phenoxy) is 1. The Hall–Kier alpha value is -2.33. The first-order valence-corrected chi connectivity index (χ1v) is 6.33. The van der Waals surface area contributed by atoms with E-state index in [2.05, 4.69) is 6.07 Å². The van der Waals surface area contributed by atoms with E-state index < -0.39 is 4.92 Å². The number of nitrogens with zero attached hydrogens (tertiary/aromatic N) is 4. The van der Waals surface area contributed by atoms with Crippen LogP contribution in [0.25, 0.3) is 0 Å². The molecule has 0 unspecified atom stereocenters. The van der Waals surface area contributed by atoms with Crippen LogP contribution in [0.4, 0.5) is 11.4 Å². The van der Waals surface area contributed by atoms with Crippen molar-refractivity contribution < 1.29 is 9.66 Å². The van der Waals surface area contributed by atoms with Gasteiger partial charge < -0.3 is 9.64 Å². The maximum Gasteiger partial charge on any atom is 0.333 e. The number of para-hydroxylation sites is 1. The van der Waals surface area contributed by atoms with Crippen molar-refractivity contribution >= 4 is 11.4 Å². The van der Waals surface area contributed by atoms with Crippen molar-refractivity contribution in [2.24, 2.45) is 0 Å². The molecule has 0 N–H and O–H groups in total. The number of hydrogen-bond acceptors (Lipinski definition) is 6. The van der Waals surface area contributed by atoms with Crippen LogP contribution in [0.15, 0.2) is 18.2 Å². The van der Waals surface area contributed by atoms with Gasteiger partial charge in [0.05, 0.1) is 24.6 Å². The van der Waals surface area contributed by atoms with Crippen LogP contribution in [0, 0.1) is 21.4 Å². The van der Waals surface area contributed by atoms with Crippen LogP contribution in [0.2, 0.25) is 0 Å². The maximum atomic E-state index is 11.3. The predicted molar refractivity (Wildman–Crippen MR) is 73.9 cm³/mol. The Kier molecular flexibility index (Phi) is 4.38. The summed E-state index contributed by atoms with van der Waals surface area (Å²) in [6.07, 6.45) is 0. The van der Waals surface area contributed by atoms with Crippen molar-refractivity contribution in [2.45, 2.75) is 0 Å². The summed E-state index contributed by atoms with van der Waals surface area (Å²) in [5.74, 6) is 0.270. The second kappa shape index (κ2) is 6.21. The van der Waals surface area contributed by atoms with Gasteiger partial charge in [0.2, 0.25) is 0 Å². The van der Waals surface area contributed by atoms with Crippen molar-refractivity contribution in [3.8, 4) is 11.8 Å². The van der Waals surface area contributed by atoms with Gasteiger partial charge in [0.1, 0.15) is 5.69 Å². The molecule has 0 spiro atoms. The average molecular weight is 276 g/mol. The lowest BCUT2D eigenvalue weighted by molar-refractivity contribution is -0.385. The van der Waals surface area contributed by atoms with Gasteiger partial charge in [-0.3, -0.25) is 15.0 Å². The van der Waals surface area contributed by atoms with Crippen molar-refractivity contribution in [3.05, 3.63) is 28.3 Å². The SMILES string of the molecule is COc1cccc(N2CCN(CC#N)CC2)c1[N+](=O)[O-]. The normalized spacial score (nSPS) is 15.7. The van der Waals surface area contributed by atoms with Crippen LogP contribution in [0.3, 0.4) is 0 Å². The zero-order valence-electron chi connectivity index (χ0n) is 11.3. The van der Waals surface area contributed by atoms with Crippen LogP contribution in [0.1, 0.15) is 0 Å². The van der Waals surface area contributed by atoms with E-state index in [9.17, 15) is 10.1 Å². The van der Waals surface area contributed by atoms with E-state index in [0.717, 1.165) is 13.1 Å². The molecule has 0 bridgehead atoms. The number of nitro benzene ring substituents is 1. The van der Waals surface area contributed by atoms with Crippen LogP contribution >= 0.6 is 0 Å². The van der Waals surface area contributed by atoms with Gasteiger partial charge in [-0.15, -0.1) is 0 Å². The lowest BCUT2D eigenvalue weighted by Crippen LogP contribution is -2.46. The van der Waals surface area contributed by atoms with E-state index in [1.807, 2.05) is 9.80 Å². The smallest absolute Gasteiger partial charge is 0.333 e. The number of hydrogen-bond donors (Lipinski definition) is 0. The van der Waals surface area contributed by atoms with Gasteiger partial charge >= 0.3 is 5.69 Å². The molecule has 1 heterocycles. The third kappa shape index (κ3) is 2.81. The van der Waals surface area contributed by atoms with Gasteiger partial charge in [-0.1, -0.05) is 6.07 Å². The molecule has 1 aromatic rings. The summed E-state index contributed by atoms with van der Waals surface area (Å²) in [6, 6.07) is 7.20. The summed E-state index contributed by atoms with van der Waals surface area (Å²) < 4.78 is 5.08. The molecule has 0 aliphatic carbocycles. The molecule has 0 saturated carbocycles. The number of benzene rings is 1. The average Bonchev–Trinajstić information content (AvgIpc) is 2.47. The molecular formula is C13H16N4O3. The fourth-order valence-electron chi connectivity index (χ4n) is 2.36. The molecule has 0 amide bonds. The lowest BCUT2D eigenvalue weighted by Gasteiger charge is -2.34. The van der Waals surface area contributed by atoms with Gasteiger partial charge in [-0.05, 0) is 12.1 Å². The van der Waals surface area contributed by atoms with E-state index in [-0.39, 0.29) is 11.4 Å². The maximum absolute atomic E-state index is 11.3. The molecule has 0 atom stereocenters. The van der Waals surface area contributed by atoms with E-state index in [1.165, 1.54) is 7.11 Å². The highest BCUT2D eigenvalue weighted by Gasteiger charge is 2.26. The summed E-state index contributed by atoms with van der Waals surface area (Å²) in [5, 5.41) is 19.9. The van der Waals surface area contributed by atoms with Crippen molar-refractivity contribution in [2.75, 3.05) is 44.7 Å². The summed E-state index contributed by atoms with van der Waals surface area (Å²) >= 11 is 0. The number of methoxy groups -OCH3 is 1. The molecule has 1 fully saturated rings. The Labute approximate surface area is 117 Å². The standard InChI is InChI=1S/C13H16N4O3/c1-20-12-4-2-3-11(13(12)17(18)19)16-9-7-15(6-5-14)8-10-16/h2-4H,6-10H2,1H3. The first-order chi connectivity index (χ1) is 9.67. The van der Waals surface area contributed by atoms with E-state index >= 15 is 0 Å². The molecular weight excluding hydrogens is 260 g/mol. The summed E-state index contributed by atoms with van der Waals surface area (Å²) in [6.45, 7) is 3.17. The van der Waals surface area contributed by atoms with E-state index in [0.29, 0.717) is 25.3 Å². The molecule has 7 heteroatoms. The second-order valence-electron chi connectivity index (χ2n) is 4.51. The number of anilines is 1. The second-order valence-corrected chi connectivity index (χ2v) is 4.51. The Balaban J connectivity index is 2.22. The fourth-order valence-corrected chi connectivity index (χ4v) is 2.36. The zero-order chi connectivity index (χ0) is 14.5. The molecule has 20 heavy (non-hydrogen) atoms. The number of piperazine rings is 1. The van der Waals surface area contributed by atoms with Gasteiger partial charge in [-0.25, -0.2) is 0 Å². The van der Waals surface area contributed by atoms with Crippen LogP contribution in [-0.2, 0) is 0 Å². The summed E-state index contributed by atoms with van der Waals surface area (Å²) in [5.41, 5.74) is 0.578. The molecule has 7 nitrogen and oxygen atoms in total. The van der Waals surface area contributed by atoms with Crippen molar-refractivity contribution in [3.63, 3.8) is 0 Å². The van der Waals surface area contributed by atoms with Crippen LogP contribution in [0.5, 0.6) is 5.75 Å². The molecule has 0 radical (unpaired) electrons. The third-order valence-electron chi connectivity index (χ3n) is 3.39. The Bertz CT molecular complexity index is 533. The number of nitriles is 1. The van der Waals surface area contributed by atoms with Gasteiger partial charge in [0.25, 0.3) is 0 Å². The molecule has 1 saturated heterocycles. The summed E-state index contributed by atoms with van der Waals surface area (Å²) in [4.78, 5) is 14.8. The zero-order valence-corrected chi connectivity index (χ0v) is 11.3. The Morgan fingerprint density at radius 1 is 1.40 bits per heavy atom. The minimum Gasteiger partial charge on any atom is -0.490 e. The lowest BCUT2D eigenvalue weighted by atomic mass is 10.2. The monoisotopic (exact) mass is 276 g/mol. The quantitative estimate of drug-likeness (QED) is 0.467. The largest absolute Gasteiger partial charge is 0.490 e. The minimum atomic E-state index is -0.407. The van der Waals surface area contributed by atoms with Crippen LogP contribution in [-0.4, -0.2) is 49.7 Å². The third-order valence-corrected chi connectivity index (χ3v) is 3.39. The van der Waals surface area contributed by atoms with Gasteiger partial charge in [0.15, 0.2) is 5.75 Å². The number of nitro groups is 1. The van der Waals surface area contributed by atoms with Gasteiger partial charge in [-0.2, -0.15) is 5.26 Å². The molecule has 1 aromatic carbocycles. The first kappa shape index (κ1) is 14.1. The predicted octanol–water partition coefficient (Wildman–Crippen LogP) is 1.25. The Morgan fingerprint density at radius 3 is 2.65 bits per heavy atom. The van der Waals surface area contributed by atoms with Gasteiger partial charge in [0, 0.05) is 26.2 Å². The minimum absolute atomic E-state index is 0.00346. The highest BCUT2D eigenvalue weighted by molar-refractivity contribution is 5.70. The molecule has 106 valence electrons. The van der Waals surface area contributed by atoms with Crippen molar-refractivity contribution in [1.29, 1.82) is 5.26 Å².